The van der Waals surface area contributed by atoms with Crippen LogP contribution >= 0.6 is 0 Å². The van der Waals surface area contributed by atoms with Crippen LogP contribution in [-0.2, 0) is 11.3 Å². The van der Waals surface area contributed by atoms with Gasteiger partial charge in [-0.3, -0.25) is 9.48 Å². The molecule has 1 amide bonds. The van der Waals surface area contributed by atoms with Gasteiger partial charge >= 0.3 is 0 Å². The minimum Gasteiger partial charge on any atom is -0.356 e. The van der Waals surface area contributed by atoms with Crippen molar-refractivity contribution < 1.29 is 4.79 Å². The van der Waals surface area contributed by atoms with Gasteiger partial charge in [-0.1, -0.05) is 0 Å². The molecule has 19 heavy (non-hydrogen) atoms. The number of carbonyl (C=O) groups excluding carboxylic acids is 1. The standard InChI is InChI=1S/C14H26N4O/c1-11(15)6-4-7-14(19)16-8-5-9-18-13(3)10-12(2)17-18/h10-11H,4-9,15H2,1-3H3,(H,16,19). The highest BCUT2D eigenvalue weighted by Gasteiger charge is 2.03. The maximum atomic E-state index is 11.5. The SMILES string of the molecule is Cc1cc(C)n(CCCNC(=O)CCCC(C)N)n1. The fraction of sp³-hybridized carbons (Fsp3) is 0.714. The Bertz CT molecular complexity index is 398. The van der Waals surface area contributed by atoms with Gasteiger partial charge in [0, 0.05) is 31.2 Å². The molecule has 0 saturated heterocycles. The Morgan fingerprint density at radius 1 is 1.47 bits per heavy atom. The highest BCUT2D eigenvalue weighted by atomic mass is 16.1. The summed E-state index contributed by atoms with van der Waals surface area (Å²) in [6.07, 6.45) is 3.24. The van der Waals surface area contributed by atoms with E-state index in [-0.39, 0.29) is 11.9 Å². The highest BCUT2D eigenvalue weighted by Crippen LogP contribution is 2.02. The summed E-state index contributed by atoms with van der Waals surface area (Å²) >= 11 is 0. The Hall–Kier alpha value is -1.36. The molecule has 0 saturated carbocycles. The fourth-order valence-corrected chi connectivity index (χ4v) is 2.03. The highest BCUT2D eigenvalue weighted by molar-refractivity contribution is 5.75. The van der Waals surface area contributed by atoms with Crippen molar-refractivity contribution in [3.63, 3.8) is 0 Å². The van der Waals surface area contributed by atoms with Gasteiger partial charge in [0.15, 0.2) is 0 Å². The van der Waals surface area contributed by atoms with Crippen LogP contribution in [0.2, 0.25) is 0 Å². The van der Waals surface area contributed by atoms with Crippen molar-refractivity contribution in [3.8, 4) is 0 Å². The van der Waals surface area contributed by atoms with E-state index in [1.165, 1.54) is 5.69 Å². The zero-order valence-electron chi connectivity index (χ0n) is 12.3. The van der Waals surface area contributed by atoms with Gasteiger partial charge in [0.25, 0.3) is 0 Å². The molecule has 1 heterocycles. The Morgan fingerprint density at radius 3 is 2.79 bits per heavy atom. The summed E-state index contributed by atoms with van der Waals surface area (Å²) < 4.78 is 1.98. The van der Waals surface area contributed by atoms with Gasteiger partial charge in [-0.15, -0.1) is 0 Å². The topological polar surface area (TPSA) is 72.9 Å². The van der Waals surface area contributed by atoms with E-state index in [0.29, 0.717) is 13.0 Å². The lowest BCUT2D eigenvalue weighted by atomic mass is 10.1. The van der Waals surface area contributed by atoms with Gasteiger partial charge in [0.1, 0.15) is 0 Å². The van der Waals surface area contributed by atoms with Crippen LogP contribution in [0.5, 0.6) is 0 Å². The summed E-state index contributed by atoms with van der Waals surface area (Å²) in [5.74, 6) is 0.119. The van der Waals surface area contributed by atoms with E-state index >= 15 is 0 Å². The second-order valence-electron chi connectivity index (χ2n) is 5.22. The Kier molecular flexibility index (Phi) is 6.56. The molecular weight excluding hydrogens is 240 g/mol. The molecule has 0 aliphatic rings. The van der Waals surface area contributed by atoms with Crippen molar-refractivity contribution in [3.05, 3.63) is 17.5 Å². The van der Waals surface area contributed by atoms with Crippen LogP contribution < -0.4 is 11.1 Å². The van der Waals surface area contributed by atoms with Crippen LogP contribution in [0.1, 0.15) is 44.0 Å². The molecule has 1 rings (SSSR count). The molecule has 0 aromatic carbocycles. The normalized spacial score (nSPS) is 12.4. The monoisotopic (exact) mass is 266 g/mol. The zero-order chi connectivity index (χ0) is 14.3. The smallest absolute Gasteiger partial charge is 0.219 e. The lowest BCUT2D eigenvalue weighted by Crippen LogP contribution is -2.25. The predicted molar refractivity (Wildman–Crippen MR) is 76.8 cm³/mol. The first-order valence-electron chi connectivity index (χ1n) is 7.02. The number of carbonyl (C=O) groups is 1. The Balaban J connectivity index is 2.10. The zero-order valence-corrected chi connectivity index (χ0v) is 12.3. The van der Waals surface area contributed by atoms with E-state index in [2.05, 4.69) is 16.5 Å². The maximum Gasteiger partial charge on any atom is 0.219 e. The minimum atomic E-state index is 0.119. The molecule has 1 aromatic rings. The molecule has 108 valence electrons. The second kappa shape index (κ2) is 7.94. The summed E-state index contributed by atoms with van der Waals surface area (Å²) in [5, 5.41) is 7.32. The molecule has 0 spiro atoms. The number of amides is 1. The number of nitrogens with two attached hydrogens (primary N) is 1. The van der Waals surface area contributed by atoms with Gasteiger partial charge in [0.2, 0.25) is 5.91 Å². The molecule has 1 atom stereocenters. The van der Waals surface area contributed by atoms with Gasteiger partial charge in [0.05, 0.1) is 5.69 Å². The van der Waals surface area contributed by atoms with Crippen LogP contribution in [0.25, 0.3) is 0 Å². The molecule has 0 aliphatic heterocycles. The van der Waals surface area contributed by atoms with E-state index in [0.717, 1.165) is 31.5 Å². The number of aromatic nitrogens is 2. The van der Waals surface area contributed by atoms with Gasteiger partial charge in [-0.25, -0.2) is 0 Å². The molecule has 1 aromatic heterocycles. The van der Waals surface area contributed by atoms with Crippen molar-refractivity contribution >= 4 is 5.91 Å². The number of hydrogen-bond acceptors (Lipinski definition) is 3. The number of nitrogens with one attached hydrogen (secondary N) is 1. The summed E-state index contributed by atoms with van der Waals surface area (Å²) in [6.45, 7) is 7.55. The molecule has 5 nitrogen and oxygen atoms in total. The summed E-state index contributed by atoms with van der Waals surface area (Å²) in [7, 11) is 0. The molecule has 0 bridgehead atoms. The first kappa shape index (κ1) is 15.7. The number of aryl methyl sites for hydroxylation is 3. The molecule has 1 unspecified atom stereocenters. The van der Waals surface area contributed by atoms with Gasteiger partial charge in [-0.2, -0.15) is 5.10 Å². The third kappa shape index (κ3) is 6.38. The fourth-order valence-electron chi connectivity index (χ4n) is 2.03. The van der Waals surface area contributed by atoms with E-state index in [1.54, 1.807) is 0 Å². The molecular formula is C14H26N4O. The van der Waals surface area contributed by atoms with E-state index in [1.807, 2.05) is 25.5 Å². The number of hydrogen-bond donors (Lipinski definition) is 2. The lowest BCUT2D eigenvalue weighted by Gasteiger charge is -2.07. The first-order valence-corrected chi connectivity index (χ1v) is 7.02. The lowest BCUT2D eigenvalue weighted by molar-refractivity contribution is -0.121. The predicted octanol–water partition coefficient (Wildman–Crippen LogP) is 1.52. The summed E-state index contributed by atoms with van der Waals surface area (Å²) in [5.41, 5.74) is 7.85. The largest absolute Gasteiger partial charge is 0.356 e. The maximum absolute atomic E-state index is 11.5. The van der Waals surface area contributed by atoms with E-state index in [9.17, 15) is 4.79 Å². The van der Waals surface area contributed by atoms with Crippen molar-refractivity contribution in [1.82, 2.24) is 15.1 Å². The van der Waals surface area contributed by atoms with Crippen LogP contribution in [0.4, 0.5) is 0 Å². The summed E-state index contributed by atoms with van der Waals surface area (Å²) in [6, 6.07) is 2.24. The second-order valence-corrected chi connectivity index (χ2v) is 5.22. The van der Waals surface area contributed by atoms with Gasteiger partial charge in [-0.05, 0) is 46.1 Å². The molecule has 3 N–H and O–H groups in total. The van der Waals surface area contributed by atoms with E-state index in [4.69, 9.17) is 5.73 Å². The van der Waals surface area contributed by atoms with Crippen molar-refractivity contribution in [1.29, 1.82) is 0 Å². The third-order valence-corrected chi connectivity index (χ3v) is 3.04. The van der Waals surface area contributed by atoms with Crippen molar-refractivity contribution in [2.24, 2.45) is 5.73 Å². The average molecular weight is 266 g/mol. The first-order chi connectivity index (χ1) is 8.99. The Morgan fingerprint density at radius 2 is 2.21 bits per heavy atom. The molecule has 0 aliphatic carbocycles. The molecule has 0 fully saturated rings. The van der Waals surface area contributed by atoms with Crippen LogP contribution in [0, 0.1) is 13.8 Å². The number of nitrogens with zero attached hydrogens (tertiary/aromatic N) is 2. The quantitative estimate of drug-likeness (QED) is 0.701. The average Bonchev–Trinajstić information content (AvgIpc) is 2.63. The van der Waals surface area contributed by atoms with Gasteiger partial charge < -0.3 is 11.1 Å². The van der Waals surface area contributed by atoms with Crippen molar-refractivity contribution in [2.75, 3.05) is 6.54 Å². The minimum absolute atomic E-state index is 0.119. The Labute approximate surface area is 115 Å². The van der Waals surface area contributed by atoms with E-state index < -0.39 is 0 Å². The molecule has 0 radical (unpaired) electrons. The summed E-state index contributed by atoms with van der Waals surface area (Å²) in [4.78, 5) is 11.5. The van der Waals surface area contributed by atoms with Crippen LogP contribution in [-0.4, -0.2) is 28.3 Å². The van der Waals surface area contributed by atoms with Crippen LogP contribution in [0.3, 0.4) is 0 Å². The number of rotatable bonds is 8. The van der Waals surface area contributed by atoms with Crippen LogP contribution in [0.15, 0.2) is 6.07 Å². The molecule has 5 heteroatoms. The van der Waals surface area contributed by atoms with Crippen molar-refractivity contribution in [2.45, 2.75) is 59.0 Å². The third-order valence-electron chi connectivity index (χ3n) is 3.04.